The van der Waals surface area contributed by atoms with E-state index in [1.165, 1.54) is 12.1 Å². The summed E-state index contributed by atoms with van der Waals surface area (Å²) in [4.78, 5) is 21.0. The molecule has 7 nitrogen and oxygen atoms in total. The van der Waals surface area contributed by atoms with Gasteiger partial charge in [0, 0.05) is 18.2 Å². The molecule has 1 aromatic carbocycles. The smallest absolute Gasteiger partial charge is 0.324 e. The molecule has 0 aliphatic carbocycles. The number of non-ortho nitro benzene ring substituents is 1. The number of nitro benzene ring substituents is 1. The maximum Gasteiger partial charge on any atom is 0.324 e. The van der Waals surface area contributed by atoms with Gasteiger partial charge in [-0.3, -0.25) is 20.2 Å². The molecule has 0 saturated heterocycles. The molecule has 0 radical (unpaired) electrons. The molecule has 1 aromatic rings. The predicted molar refractivity (Wildman–Crippen MR) is 73.3 cm³/mol. The van der Waals surface area contributed by atoms with E-state index in [1.54, 1.807) is 0 Å². The highest BCUT2D eigenvalue weighted by molar-refractivity contribution is 6.32. The fourth-order valence-electron chi connectivity index (χ4n) is 1.49. The Morgan fingerprint density at radius 2 is 2.20 bits per heavy atom. The van der Waals surface area contributed by atoms with Crippen LogP contribution in [-0.2, 0) is 4.79 Å². The summed E-state index contributed by atoms with van der Waals surface area (Å²) in [6.07, 6.45) is 0. The van der Waals surface area contributed by atoms with Crippen molar-refractivity contribution in [1.82, 2.24) is 5.32 Å². The fourth-order valence-corrected chi connectivity index (χ4v) is 1.72. The van der Waals surface area contributed by atoms with E-state index in [0.717, 1.165) is 6.07 Å². The van der Waals surface area contributed by atoms with Crippen molar-refractivity contribution in [3.63, 3.8) is 0 Å². The Morgan fingerprint density at radius 3 is 2.65 bits per heavy atom. The van der Waals surface area contributed by atoms with E-state index in [2.05, 4.69) is 5.32 Å². The highest BCUT2D eigenvalue weighted by Crippen LogP contribution is 2.28. The van der Waals surface area contributed by atoms with E-state index in [0.29, 0.717) is 0 Å². The minimum atomic E-state index is -1.04. The van der Waals surface area contributed by atoms with Gasteiger partial charge in [-0.1, -0.05) is 25.4 Å². The second kappa shape index (κ2) is 7.06. The Morgan fingerprint density at radius 1 is 1.55 bits per heavy atom. The molecule has 8 heteroatoms. The lowest BCUT2D eigenvalue weighted by Gasteiger charge is -2.18. The third-order valence-electron chi connectivity index (χ3n) is 2.36. The van der Waals surface area contributed by atoms with Crippen LogP contribution in [0.2, 0.25) is 5.02 Å². The second-order valence-electron chi connectivity index (χ2n) is 4.40. The molecule has 0 aromatic heterocycles. The summed E-state index contributed by atoms with van der Waals surface area (Å²) in [5, 5.41) is 22.5. The summed E-state index contributed by atoms with van der Waals surface area (Å²) in [7, 11) is 0. The number of hydrogen-bond donors (Lipinski definition) is 2. The molecule has 2 N–H and O–H groups in total. The van der Waals surface area contributed by atoms with Crippen molar-refractivity contribution >= 4 is 23.3 Å². The highest BCUT2D eigenvalue weighted by Gasteiger charge is 2.20. The topological polar surface area (TPSA) is 102 Å². The van der Waals surface area contributed by atoms with Gasteiger partial charge in [0.25, 0.3) is 5.69 Å². The van der Waals surface area contributed by atoms with Crippen molar-refractivity contribution in [2.24, 2.45) is 0 Å². The Bertz CT molecular complexity index is 507. The summed E-state index contributed by atoms with van der Waals surface area (Å²) in [6.45, 7) is 3.49. The van der Waals surface area contributed by atoms with Gasteiger partial charge in [0.1, 0.15) is 18.4 Å². The van der Waals surface area contributed by atoms with E-state index in [1.807, 2.05) is 13.8 Å². The van der Waals surface area contributed by atoms with Crippen molar-refractivity contribution in [3.05, 3.63) is 33.3 Å². The van der Waals surface area contributed by atoms with E-state index in [9.17, 15) is 14.9 Å². The monoisotopic (exact) mass is 302 g/mol. The molecular weight excluding hydrogens is 288 g/mol. The molecule has 1 unspecified atom stereocenters. The molecule has 0 heterocycles. The van der Waals surface area contributed by atoms with Gasteiger partial charge in [-0.05, 0) is 6.07 Å². The third kappa shape index (κ3) is 4.67. The van der Waals surface area contributed by atoms with Crippen molar-refractivity contribution in [3.8, 4) is 5.75 Å². The zero-order chi connectivity index (χ0) is 15.3. The Balaban J connectivity index is 2.73. The number of hydrogen-bond acceptors (Lipinski definition) is 5. The molecule has 0 aliphatic heterocycles. The summed E-state index contributed by atoms with van der Waals surface area (Å²) < 4.78 is 5.30. The maximum absolute atomic E-state index is 11.0. The number of carboxylic acid groups (broad SMARTS) is 1. The van der Waals surface area contributed by atoms with Crippen molar-refractivity contribution in [2.45, 2.75) is 25.9 Å². The molecule has 0 amide bonds. The van der Waals surface area contributed by atoms with Gasteiger partial charge in [0.05, 0.1) is 9.95 Å². The van der Waals surface area contributed by atoms with Crippen LogP contribution in [0, 0.1) is 10.1 Å². The molecule has 20 heavy (non-hydrogen) atoms. The first-order chi connectivity index (χ1) is 9.31. The summed E-state index contributed by atoms with van der Waals surface area (Å²) in [5.41, 5.74) is -0.155. The lowest BCUT2D eigenvalue weighted by Crippen LogP contribution is -2.44. The van der Waals surface area contributed by atoms with Crippen LogP contribution in [0.4, 0.5) is 5.69 Å². The quantitative estimate of drug-likeness (QED) is 0.590. The van der Waals surface area contributed by atoms with E-state index < -0.39 is 16.9 Å². The van der Waals surface area contributed by atoms with Crippen LogP contribution in [-0.4, -0.2) is 34.7 Å². The number of benzene rings is 1. The van der Waals surface area contributed by atoms with Crippen LogP contribution in [0.15, 0.2) is 18.2 Å². The first kappa shape index (κ1) is 16.2. The molecular formula is C12H15ClN2O5. The minimum Gasteiger partial charge on any atom is -0.490 e. The number of carboxylic acids is 1. The number of nitro groups is 1. The Kier molecular flexibility index (Phi) is 5.72. The number of ether oxygens (including phenoxy) is 1. The summed E-state index contributed by atoms with van der Waals surface area (Å²) in [5.74, 6) is -0.842. The van der Waals surface area contributed by atoms with Crippen molar-refractivity contribution in [2.75, 3.05) is 6.61 Å². The lowest BCUT2D eigenvalue weighted by atomic mass is 10.2. The molecule has 1 atom stereocenters. The average molecular weight is 303 g/mol. The minimum absolute atomic E-state index is 0.0213. The third-order valence-corrected chi connectivity index (χ3v) is 2.66. The Hall–Kier alpha value is -1.86. The first-order valence-electron chi connectivity index (χ1n) is 5.87. The van der Waals surface area contributed by atoms with E-state index in [-0.39, 0.29) is 29.1 Å². The van der Waals surface area contributed by atoms with Gasteiger partial charge in [0.2, 0.25) is 0 Å². The molecule has 110 valence electrons. The molecule has 1 rings (SSSR count). The maximum atomic E-state index is 11.0. The number of rotatable bonds is 7. The number of carbonyl (C=O) groups is 1. The van der Waals surface area contributed by atoms with Crippen LogP contribution >= 0.6 is 11.6 Å². The molecule has 0 saturated carbocycles. The van der Waals surface area contributed by atoms with Gasteiger partial charge >= 0.3 is 5.97 Å². The normalized spacial score (nSPS) is 12.2. The zero-order valence-corrected chi connectivity index (χ0v) is 11.8. The van der Waals surface area contributed by atoms with Crippen LogP contribution in [0.3, 0.4) is 0 Å². The second-order valence-corrected chi connectivity index (χ2v) is 4.80. The zero-order valence-electron chi connectivity index (χ0n) is 11.0. The largest absolute Gasteiger partial charge is 0.490 e. The van der Waals surface area contributed by atoms with Crippen molar-refractivity contribution in [1.29, 1.82) is 0 Å². The van der Waals surface area contributed by atoms with E-state index in [4.69, 9.17) is 21.4 Å². The molecule has 0 fully saturated rings. The number of nitrogens with one attached hydrogen (secondary N) is 1. The highest BCUT2D eigenvalue weighted by atomic mass is 35.5. The number of aliphatic carboxylic acids is 1. The van der Waals surface area contributed by atoms with Gasteiger partial charge in [-0.15, -0.1) is 0 Å². The van der Waals surface area contributed by atoms with Gasteiger partial charge in [-0.25, -0.2) is 0 Å². The van der Waals surface area contributed by atoms with Crippen LogP contribution < -0.4 is 10.1 Å². The molecule has 0 aliphatic rings. The van der Waals surface area contributed by atoms with Gasteiger partial charge in [-0.2, -0.15) is 0 Å². The van der Waals surface area contributed by atoms with Crippen molar-refractivity contribution < 1.29 is 19.6 Å². The summed E-state index contributed by atoms with van der Waals surface area (Å²) >= 11 is 5.84. The first-order valence-corrected chi connectivity index (χ1v) is 6.24. The predicted octanol–water partition coefficient (Wildman–Crippen LogP) is 2.08. The Labute approximate surface area is 120 Å². The van der Waals surface area contributed by atoms with Gasteiger partial charge < -0.3 is 9.84 Å². The summed E-state index contributed by atoms with van der Waals surface area (Å²) in [6, 6.07) is 2.83. The number of halogens is 1. The van der Waals surface area contributed by atoms with Gasteiger partial charge in [0.15, 0.2) is 0 Å². The average Bonchev–Trinajstić information content (AvgIpc) is 2.34. The molecule has 0 spiro atoms. The standard InChI is InChI=1S/C12H15ClN2O5/c1-7(2)14-10(12(16)17)6-20-11-4-3-8(15(18)19)5-9(11)13/h3-5,7,10,14H,6H2,1-2H3,(H,16,17). The van der Waals surface area contributed by atoms with Crippen LogP contribution in [0.1, 0.15) is 13.8 Å². The van der Waals surface area contributed by atoms with E-state index >= 15 is 0 Å². The van der Waals surface area contributed by atoms with Crippen LogP contribution in [0.5, 0.6) is 5.75 Å². The van der Waals surface area contributed by atoms with Crippen LogP contribution in [0.25, 0.3) is 0 Å². The fraction of sp³-hybridized carbons (Fsp3) is 0.417. The lowest BCUT2D eigenvalue weighted by molar-refractivity contribution is -0.384. The molecule has 0 bridgehead atoms. The SMILES string of the molecule is CC(C)NC(COc1ccc([N+](=O)[O-])cc1Cl)C(=O)O. The number of nitrogens with zero attached hydrogens (tertiary/aromatic N) is 1.